The van der Waals surface area contributed by atoms with Gasteiger partial charge in [0.05, 0.1) is 19.6 Å². The highest BCUT2D eigenvalue weighted by Gasteiger charge is 2.32. The molecular weight excluding hydrogens is 330 g/mol. The smallest absolute Gasteiger partial charge is 0.237 e. The molecule has 1 aromatic carbocycles. The summed E-state index contributed by atoms with van der Waals surface area (Å²) < 4.78 is 5.35. The van der Waals surface area contributed by atoms with Gasteiger partial charge in [0, 0.05) is 38.3 Å². The van der Waals surface area contributed by atoms with Crippen LogP contribution in [0.25, 0.3) is 6.08 Å². The highest BCUT2D eigenvalue weighted by Crippen LogP contribution is 2.19. The maximum absolute atomic E-state index is 12.4. The summed E-state index contributed by atoms with van der Waals surface area (Å²) in [6.07, 6.45) is 4.20. The molecule has 0 saturated carbocycles. The number of para-hydroxylation sites is 1. The lowest BCUT2D eigenvalue weighted by Gasteiger charge is -2.35. The molecule has 1 N–H and O–H groups in total. The van der Waals surface area contributed by atoms with Crippen molar-refractivity contribution in [1.29, 1.82) is 0 Å². The number of rotatable bonds is 7. The van der Waals surface area contributed by atoms with Gasteiger partial charge in [-0.05, 0) is 19.9 Å². The Morgan fingerprint density at radius 3 is 2.85 bits per heavy atom. The van der Waals surface area contributed by atoms with Crippen LogP contribution in [-0.4, -0.2) is 67.5 Å². The van der Waals surface area contributed by atoms with Gasteiger partial charge in [-0.3, -0.25) is 14.5 Å². The van der Waals surface area contributed by atoms with Crippen molar-refractivity contribution >= 4 is 17.9 Å². The fourth-order valence-electron chi connectivity index (χ4n) is 2.92. The third-order valence-corrected chi connectivity index (χ3v) is 4.75. The molecule has 6 nitrogen and oxygen atoms in total. The van der Waals surface area contributed by atoms with Crippen molar-refractivity contribution < 1.29 is 14.3 Å². The first-order chi connectivity index (χ1) is 12.4. The lowest BCUT2D eigenvalue weighted by molar-refractivity contribution is -0.138. The Kier molecular flexibility index (Phi) is 7.21. The molecule has 1 saturated heterocycles. The van der Waals surface area contributed by atoms with E-state index in [4.69, 9.17) is 4.74 Å². The Morgan fingerprint density at radius 2 is 2.15 bits per heavy atom. The normalized spacial score (nSPS) is 18.2. The number of amides is 2. The minimum absolute atomic E-state index is 0.0132. The highest BCUT2D eigenvalue weighted by atomic mass is 16.5. The van der Waals surface area contributed by atoms with E-state index in [1.54, 1.807) is 19.1 Å². The van der Waals surface area contributed by atoms with E-state index in [1.165, 1.54) is 0 Å². The molecule has 2 rings (SSSR count). The quantitative estimate of drug-likeness (QED) is 0.806. The summed E-state index contributed by atoms with van der Waals surface area (Å²) in [5, 5.41) is 2.87. The van der Waals surface area contributed by atoms with Gasteiger partial charge in [0.25, 0.3) is 0 Å². The van der Waals surface area contributed by atoms with E-state index in [9.17, 15) is 9.59 Å². The van der Waals surface area contributed by atoms with Gasteiger partial charge < -0.3 is 15.0 Å². The fraction of sp³-hybridized carbons (Fsp3) is 0.500. The Morgan fingerprint density at radius 1 is 1.42 bits per heavy atom. The summed E-state index contributed by atoms with van der Waals surface area (Å²) in [6.45, 7) is 5.87. The van der Waals surface area contributed by atoms with E-state index >= 15 is 0 Å². The topological polar surface area (TPSA) is 61.9 Å². The minimum Gasteiger partial charge on any atom is -0.496 e. The second-order valence-corrected chi connectivity index (χ2v) is 6.75. The molecule has 1 aliphatic heterocycles. The van der Waals surface area contributed by atoms with Crippen molar-refractivity contribution in [2.45, 2.75) is 32.4 Å². The molecule has 1 atom stereocenters. The first kappa shape index (κ1) is 20.0. The number of nitrogens with zero attached hydrogens (tertiary/aromatic N) is 2. The Bertz CT molecular complexity index is 657. The van der Waals surface area contributed by atoms with Crippen LogP contribution in [0, 0.1) is 0 Å². The van der Waals surface area contributed by atoms with Gasteiger partial charge >= 0.3 is 0 Å². The lowest BCUT2D eigenvalue weighted by Crippen LogP contribution is -2.56. The maximum atomic E-state index is 12.4. The van der Waals surface area contributed by atoms with Crippen molar-refractivity contribution in [1.82, 2.24) is 15.1 Å². The van der Waals surface area contributed by atoms with Gasteiger partial charge in [-0.1, -0.05) is 30.4 Å². The summed E-state index contributed by atoms with van der Waals surface area (Å²) in [6, 6.07) is 7.47. The Hall–Kier alpha value is -2.34. The van der Waals surface area contributed by atoms with E-state index in [-0.39, 0.29) is 24.3 Å². The highest BCUT2D eigenvalue weighted by molar-refractivity contribution is 5.88. The zero-order chi connectivity index (χ0) is 19.1. The average molecular weight is 359 g/mol. The second kappa shape index (κ2) is 9.38. The van der Waals surface area contributed by atoms with Crippen LogP contribution in [0.15, 0.2) is 30.3 Å². The Labute approximate surface area is 155 Å². The maximum Gasteiger partial charge on any atom is 0.237 e. The third-order valence-electron chi connectivity index (χ3n) is 4.75. The van der Waals surface area contributed by atoms with Crippen molar-refractivity contribution in [3.63, 3.8) is 0 Å². The zero-order valence-electron chi connectivity index (χ0n) is 16.1. The molecule has 1 heterocycles. The number of carbonyl (C=O) groups is 2. The summed E-state index contributed by atoms with van der Waals surface area (Å²) in [5.74, 6) is 0.721. The molecule has 6 heteroatoms. The molecule has 2 amide bonds. The van der Waals surface area contributed by atoms with Crippen LogP contribution in [0.4, 0.5) is 0 Å². The zero-order valence-corrected chi connectivity index (χ0v) is 16.1. The minimum atomic E-state index is -0.431. The number of hydrogen-bond donors (Lipinski definition) is 1. The van der Waals surface area contributed by atoms with Gasteiger partial charge in [0.1, 0.15) is 5.75 Å². The standard InChI is InChI=1S/C20H29N3O3/c1-15(2)22(3)19(24)14-17-20(25)21-11-13-23(17)12-7-9-16-8-5-6-10-18(16)26-4/h5-10,15,17H,11-14H2,1-4H3,(H,21,25)/b9-7+/t17-/m1/s1. The molecule has 0 aromatic heterocycles. The van der Waals surface area contributed by atoms with Crippen LogP contribution in [0.5, 0.6) is 5.75 Å². The van der Waals surface area contributed by atoms with Crippen LogP contribution < -0.4 is 10.1 Å². The summed E-state index contributed by atoms with van der Waals surface area (Å²) in [5.41, 5.74) is 0.989. The van der Waals surface area contributed by atoms with Crippen LogP contribution in [0.1, 0.15) is 25.8 Å². The number of nitrogens with one attached hydrogen (secondary N) is 1. The predicted molar refractivity (Wildman–Crippen MR) is 103 cm³/mol. The van der Waals surface area contributed by atoms with E-state index in [0.717, 1.165) is 17.9 Å². The van der Waals surface area contributed by atoms with Crippen molar-refractivity contribution in [2.24, 2.45) is 0 Å². The van der Waals surface area contributed by atoms with E-state index in [2.05, 4.69) is 10.2 Å². The summed E-state index contributed by atoms with van der Waals surface area (Å²) in [7, 11) is 3.42. The van der Waals surface area contributed by atoms with E-state index in [1.807, 2.05) is 50.3 Å². The fourth-order valence-corrected chi connectivity index (χ4v) is 2.92. The van der Waals surface area contributed by atoms with Crippen molar-refractivity contribution in [2.75, 3.05) is 33.8 Å². The number of carbonyl (C=O) groups excluding carboxylic acids is 2. The van der Waals surface area contributed by atoms with E-state index < -0.39 is 6.04 Å². The first-order valence-electron chi connectivity index (χ1n) is 9.01. The molecule has 1 aromatic rings. The summed E-state index contributed by atoms with van der Waals surface area (Å²) in [4.78, 5) is 28.4. The van der Waals surface area contributed by atoms with Crippen LogP contribution in [0.2, 0.25) is 0 Å². The molecule has 0 unspecified atom stereocenters. The molecule has 26 heavy (non-hydrogen) atoms. The molecule has 0 aliphatic carbocycles. The molecule has 142 valence electrons. The molecule has 0 bridgehead atoms. The first-order valence-corrected chi connectivity index (χ1v) is 9.01. The average Bonchev–Trinajstić information content (AvgIpc) is 2.63. The SMILES string of the molecule is COc1ccccc1/C=C/CN1CCNC(=O)[C@H]1CC(=O)N(C)C(C)C. The summed E-state index contributed by atoms with van der Waals surface area (Å²) >= 11 is 0. The third kappa shape index (κ3) is 5.08. The largest absolute Gasteiger partial charge is 0.496 e. The van der Waals surface area contributed by atoms with Crippen LogP contribution in [-0.2, 0) is 9.59 Å². The van der Waals surface area contributed by atoms with Gasteiger partial charge in [-0.15, -0.1) is 0 Å². The monoisotopic (exact) mass is 359 g/mol. The number of ether oxygens (including phenoxy) is 1. The Balaban J connectivity index is 2.04. The van der Waals surface area contributed by atoms with Gasteiger partial charge in [-0.2, -0.15) is 0 Å². The van der Waals surface area contributed by atoms with Crippen LogP contribution >= 0.6 is 0 Å². The number of hydrogen-bond acceptors (Lipinski definition) is 4. The van der Waals surface area contributed by atoms with Crippen molar-refractivity contribution in [3.05, 3.63) is 35.9 Å². The molecular formula is C20H29N3O3. The van der Waals surface area contributed by atoms with Crippen LogP contribution in [0.3, 0.4) is 0 Å². The van der Waals surface area contributed by atoms with Crippen molar-refractivity contribution in [3.8, 4) is 5.75 Å². The van der Waals surface area contributed by atoms with Gasteiger partial charge in [0.15, 0.2) is 0 Å². The molecule has 1 aliphatic rings. The lowest BCUT2D eigenvalue weighted by atomic mass is 10.1. The van der Waals surface area contributed by atoms with Gasteiger partial charge in [0.2, 0.25) is 11.8 Å². The van der Waals surface area contributed by atoms with E-state index in [0.29, 0.717) is 13.1 Å². The predicted octanol–water partition coefficient (Wildman–Crippen LogP) is 1.77. The van der Waals surface area contributed by atoms with Gasteiger partial charge in [-0.25, -0.2) is 0 Å². The molecule has 1 fully saturated rings. The molecule has 0 radical (unpaired) electrons. The number of methoxy groups -OCH3 is 1. The number of piperazine rings is 1. The number of benzene rings is 1. The second-order valence-electron chi connectivity index (χ2n) is 6.75. The molecule has 0 spiro atoms.